The molecule has 1 aromatic carbocycles. The van der Waals surface area contributed by atoms with Gasteiger partial charge in [-0.15, -0.1) is 0 Å². The number of H-pyrrole nitrogens is 1. The van der Waals surface area contributed by atoms with Crippen LogP contribution >= 0.6 is 0 Å². The van der Waals surface area contributed by atoms with Crippen LogP contribution in [0.1, 0.15) is 17.5 Å². The van der Waals surface area contributed by atoms with Crippen molar-refractivity contribution in [3.05, 3.63) is 58.5 Å². The van der Waals surface area contributed by atoms with E-state index in [0.717, 1.165) is 11.3 Å². The van der Waals surface area contributed by atoms with E-state index in [1.165, 1.54) is 6.07 Å². The van der Waals surface area contributed by atoms with E-state index in [1.807, 2.05) is 12.1 Å². The molecular weight excluding hydrogens is 494 g/mol. The van der Waals surface area contributed by atoms with Crippen LogP contribution in [0.5, 0.6) is 5.75 Å². The summed E-state index contributed by atoms with van der Waals surface area (Å²) in [6.07, 6.45) is 2.02. The van der Waals surface area contributed by atoms with E-state index in [-0.39, 0.29) is 29.7 Å². The Morgan fingerprint density at radius 1 is 1.13 bits per heavy atom. The molecule has 0 bridgehead atoms. The number of rotatable bonds is 3. The number of phenolic OH excluding ortho intramolecular Hbond substituents is 1. The fourth-order valence-electron chi connectivity index (χ4n) is 6.68. The number of carbonyl (C=O) groups is 3. The van der Waals surface area contributed by atoms with Gasteiger partial charge in [-0.3, -0.25) is 19.3 Å². The third kappa shape index (κ3) is 3.22. The first kappa shape index (κ1) is 24.4. The number of Topliss-reactive ketones (excluding diaryl/α,β-unsaturated/α-hetero) is 2. The summed E-state index contributed by atoms with van der Waals surface area (Å²) >= 11 is 0. The number of hydrogen-bond donors (Lipinski definition) is 6. The SMILES string of the molecule is NC(=O)C1=C(O)[C@@]2(O)C(=O)C3=C(O)c4c(O)ccc(-c5ccc[nH]5)c4C[C@H]3C[C@H]2[C@@H](N2CCOCC2)C1=O. The number of nitrogens with one attached hydrogen (secondary N) is 1. The molecule has 1 saturated heterocycles. The highest BCUT2D eigenvalue weighted by molar-refractivity contribution is 6.24. The lowest BCUT2D eigenvalue weighted by molar-refractivity contribution is -0.157. The molecule has 38 heavy (non-hydrogen) atoms. The number of aromatic amines is 1. The molecule has 1 saturated carbocycles. The Morgan fingerprint density at radius 3 is 2.53 bits per heavy atom. The van der Waals surface area contributed by atoms with Crippen molar-refractivity contribution in [1.29, 1.82) is 0 Å². The Kier molecular flexibility index (Phi) is 5.49. The molecule has 2 aromatic rings. The summed E-state index contributed by atoms with van der Waals surface area (Å²) in [6.45, 7) is 1.25. The predicted molar refractivity (Wildman–Crippen MR) is 133 cm³/mol. The molecule has 3 aliphatic carbocycles. The minimum absolute atomic E-state index is 0.0464. The number of ether oxygens (including phenoxy) is 1. The van der Waals surface area contributed by atoms with E-state index in [9.17, 15) is 34.8 Å². The average Bonchev–Trinajstić information content (AvgIpc) is 3.41. The second-order valence-corrected chi connectivity index (χ2v) is 10.2. The van der Waals surface area contributed by atoms with Crippen molar-refractivity contribution in [3.63, 3.8) is 0 Å². The third-order valence-electron chi connectivity index (χ3n) is 8.38. The van der Waals surface area contributed by atoms with Crippen molar-refractivity contribution < 1.29 is 39.5 Å². The van der Waals surface area contributed by atoms with Crippen molar-refractivity contribution >= 4 is 23.2 Å². The number of benzene rings is 1. The summed E-state index contributed by atoms with van der Waals surface area (Å²) in [5.41, 5.74) is 3.94. The van der Waals surface area contributed by atoms with E-state index >= 15 is 0 Å². The van der Waals surface area contributed by atoms with E-state index in [1.54, 1.807) is 17.2 Å². The maximum Gasteiger partial charge on any atom is 0.255 e. The Bertz CT molecular complexity index is 1440. The number of phenols is 1. The summed E-state index contributed by atoms with van der Waals surface area (Å²) in [5, 5.41) is 44.9. The van der Waals surface area contributed by atoms with Gasteiger partial charge >= 0.3 is 0 Å². The molecular formula is C27H27N3O8. The van der Waals surface area contributed by atoms with Crippen molar-refractivity contribution in [3.8, 4) is 17.0 Å². The van der Waals surface area contributed by atoms with Crippen LogP contribution in [-0.2, 0) is 25.5 Å². The van der Waals surface area contributed by atoms with E-state index in [0.29, 0.717) is 31.9 Å². The summed E-state index contributed by atoms with van der Waals surface area (Å²) in [6, 6.07) is 5.68. The number of aromatic nitrogens is 1. The van der Waals surface area contributed by atoms with Crippen LogP contribution in [-0.4, -0.2) is 85.7 Å². The molecule has 11 heteroatoms. The maximum atomic E-state index is 14.0. The number of ketones is 2. The molecule has 1 amide bonds. The zero-order valence-corrected chi connectivity index (χ0v) is 20.3. The van der Waals surface area contributed by atoms with Crippen LogP contribution in [0.4, 0.5) is 0 Å². The van der Waals surface area contributed by atoms with Gasteiger partial charge in [0.1, 0.15) is 22.8 Å². The van der Waals surface area contributed by atoms with Gasteiger partial charge in [0.25, 0.3) is 5.91 Å². The number of aliphatic hydroxyl groups excluding tert-OH is 2. The fourth-order valence-corrected chi connectivity index (χ4v) is 6.68. The van der Waals surface area contributed by atoms with Crippen LogP contribution < -0.4 is 5.73 Å². The number of hydrogen-bond acceptors (Lipinski definition) is 9. The Hall–Kier alpha value is -3.93. The van der Waals surface area contributed by atoms with Crippen molar-refractivity contribution in [1.82, 2.24) is 9.88 Å². The Labute approximate surface area is 216 Å². The van der Waals surface area contributed by atoms with Gasteiger partial charge in [0.05, 0.1) is 24.8 Å². The molecule has 4 atom stereocenters. The van der Waals surface area contributed by atoms with Crippen LogP contribution in [0.25, 0.3) is 17.0 Å². The van der Waals surface area contributed by atoms with Crippen molar-refractivity contribution in [2.24, 2.45) is 17.6 Å². The quantitative estimate of drug-likeness (QED) is 0.317. The van der Waals surface area contributed by atoms with Crippen molar-refractivity contribution in [2.75, 3.05) is 26.3 Å². The lowest BCUT2D eigenvalue weighted by Crippen LogP contribution is -2.67. The largest absolute Gasteiger partial charge is 0.508 e. The first-order valence-corrected chi connectivity index (χ1v) is 12.4. The standard InChI is InChI=1S/C27H27N3O8/c28-26(36)20-23(33)21(30-6-8-38-9-7-30)15-11-12-10-14-13(16-2-1-5-29-16)3-4-17(31)19(14)22(32)18(12)24(34)27(15,37)25(20)35/h1-5,12,15,21,29,31-32,35,37H,6-11H2,(H2,28,36)/t12-,15-,21+,27-/m0/s1. The molecule has 11 nitrogen and oxygen atoms in total. The van der Waals surface area contributed by atoms with Gasteiger partial charge in [0.2, 0.25) is 5.78 Å². The van der Waals surface area contributed by atoms with E-state index in [4.69, 9.17) is 10.5 Å². The summed E-state index contributed by atoms with van der Waals surface area (Å²) in [4.78, 5) is 44.7. The van der Waals surface area contributed by atoms with Crippen molar-refractivity contribution in [2.45, 2.75) is 24.5 Å². The van der Waals surface area contributed by atoms with Gasteiger partial charge in [-0.25, -0.2) is 0 Å². The number of amides is 1. The number of carbonyl (C=O) groups excluding carboxylic acids is 3. The van der Waals surface area contributed by atoms with Crippen LogP contribution in [0.3, 0.4) is 0 Å². The number of nitrogens with zero attached hydrogens (tertiary/aromatic N) is 1. The number of fused-ring (bicyclic) bond motifs is 3. The molecule has 0 spiro atoms. The topological polar surface area (TPSA) is 186 Å². The van der Waals surface area contributed by atoms with Crippen LogP contribution in [0.15, 0.2) is 47.4 Å². The first-order chi connectivity index (χ1) is 18.2. The number of aliphatic hydroxyl groups is 3. The van der Waals surface area contributed by atoms with Crippen LogP contribution in [0.2, 0.25) is 0 Å². The third-order valence-corrected chi connectivity index (χ3v) is 8.38. The van der Waals surface area contributed by atoms with Gasteiger partial charge in [-0.1, -0.05) is 0 Å². The smallest absolute Gasteiger partial charge is 0.255 e. The molecule has 2 heterocycles. The highest BCUT2D eigenvalue weighted by atomic mass is 16.5. The molecule has 6 rings (SSSR count). The highest BCUT2D eigenvalue weighted by Crippen LogP contribution is 2.53. The summed E-state index contributed by atoms with van der Waals surface area (Å²) < 4.78 is 5.40. The van der Waals surface area contributed by atoms with Gasteiger partial charge in [-0.2, -0.15) is 0 Å². The number of primary amides is 1. The number of nitrogens with two attached hydrogens (primary N) is 1. The molecule has 4 aliphatic rings. The van der Waals surface area contributed by atoms with Crippen LogP contribution in [0, 0.1) is 11.8 Å². The lowest BCUT2D eigenvalue weighted by Gasteiger charge is -2.51. The molecule has 7 N–H and O–H groups in total. The molecule has 0 radical (unpaired) electrons. The fraction of sp³-hybridized carbons (Fsp3) is 0.370. The minimum atomic E-state index is -2.66. The number of morpholine rings is 1. The minimum Gasteiger partial charge on any atom is -0.508 e. The van der Waals surface area contributed by atoms with Gasteiger partial charge in [0, 0.05) is 42.0 Å². The number of aromatic hydroxyl groups is 1. The lowest BCUT2D eigenvalue weighted by atomic mass is 9.57. The first-order valence-electron chi connectivity index (χ1n) is 12.4. The Balaban J connectivity index is 1.55. The predicted octanol–water partition coefficient (Wildman–Crippen LogP) is 0.730. The van der Waals surface area contributed by atoms with E-state index < -0.39 is 58.0 Å². The monoisotopic (exact) mass is 521 g/mol. The maximum absolute atomic E-state index is 14.0. The molecule has 1 aliphatic heterocycles. The van der Waals surface area contributed by atoms with Gasteiger partial charge in [-0.05, 0) is 48.6 Å². The Morgan fingerprint density at radius 2 is 1.87 bits per heavy atom. The average molecular weight is 522 g/mol. The zero-order chi connectivity index (χ0) is 26.9. The molecule has 0 unspecified atom stereocenters. The summed E-state index contributed by atoms with van der Waals surface area (Å²) in [5.74, 6) is -6.62. The van der Waals surface area contributed by atoms with E-state index in [2.05, 4.69) is 4.98 Å². The molecule has 198 valence electrons. The second-order valence-electron chi connectivity index (χ2n) is 10.2. The van der Waals surface area contributed by atoms with Gasteiger partial charge in [0.15, 0.2) is 11.4 Å². The molecule has 1 aromatic heterocycles. The molecule has 2 fully saturated rings. The summed E-state index contributed by atoms with van der Waals surface area (Å²) in [7, 11) is 0. The normalized spacial score (nSPS) is 29.7. The van der Waals surface area contributed by atoms with Gasteiger partial charge < -0.3 is 35.9 Å². The zero-order valence-electron chi connectivity index (χ0n) is 20.3. The second kappa shape index (κ2) is 8.55. The highest BCUT2D eigenvalue weighted by Gasteiger charge is 2.64.